The largest absolute Gasteiger partial charge is 0.502 e. The number of aromatic carboxylic acids is 1. The zero-order chi connectivity index (χ0) is 15.9. The first-order valence-corrected chi connectivity index (χ1v) is 6.07. The molecule has 0 bridgehead atoms. The Kier molecular flexibility index (Phi) is 2.99. The molecule has 0 radical (unpaired) electrons. The minimum absolute atomic E-state index is 0.0593. The summed E-state index contributed by atoms with van der Waals surface area (Å²) in [6.45, 7) is 0. The second-order valence-electron chi connectivity index (χ2n) is 4.47. The quantitative estimate of drug-likeness (QED) is 0.562. The molecule has 0 spiro atoms. The topological polar surface area (TPSA) is 127 Å². The molecule has 8 heteroatoms. The molecule has 22 heavy (non-hydrogen) atoms. The number of nitro groups is 1. The van der Waals surface area contributed by atoms with Gasteiger partial charge in [0.1, 0.15) is 5.52 Å². The van der Waals surface area contributed by atoms with Crippen LogP contribution in [0.15, 0.2) is 40.8 Å². The number of oxazole rings is 1. The van der Waals surface area contributed by atoms with Crippen LogP contribution in [0, 0.1) is 10.1 Å². The van der Waals surface area contributed by atoms with Crippen LogP contribution in [0.5, 0.6) is 5.75 Å². The summed E-state index contributed by atoms with van der Waals surface area (Å²) in [7, 11) is 0. The predicted octanol–water partition coefficient (Wildman–Crippen LogP) is 2.81. The molecule has 1 aromatic heterocycles. The van der Waals surface area contributed by atoms with Crippen LogP contribution in [0.2, 0.25) is 0 Å². The van der Waals surface area contributed by atoms with Crippen LogP contribution in [-0.4, -0.2) is 26.1 Å². The molecule has 110 valence electrons. The molecule has 2 N–H and O–H groups in total. The van der Waals surface area contributed by atoms with Crippen molar-refractivity contribution in [3.8, 4) is 17.2 Å². The number of hydrogen-bond donors (Lipinski definition) is 2. The minimum Gasteiger partial charge on any atom is -0.502 e. The highest BCUT2D eigenvalue weighted by molar-refractivity contribution is 5.92. The number of phenolic OH excluding ortho intramolecular Hbond substituents is 1. The van der Waals surface area contributed by atoms with Crippen molar-refractivity contribution in [2.45, 2.75) is 0 Å². The second kappa shape index (κ2) is 4.85. The zero-order valence-electron chi connectivity index (χ0n) is 10.9. The number of hydrogen-bond acceptors (Lipinski definition) is 6. The fourth-order valence-corrected chi connectivity index (χ4v) is 1.99. The molecular weight excluding hydrogens is 292 g/mol. The molecule has 0 saturated heterocycles. The first-order valence-electron chi connectivity index (χ1n) is 6.07. The van der Waals surface area contributed by atoms with Crippen LogP contribution in [0.1, 0.15) is 10.4 Å². The van der Waals surface area contributed by atoms with E-state index in [1.807, 2.05) is 0 Å². The number of fused-ring (bicyclic) bond motifs is 1. The zero-order valence-corrected chi connectivity index (χ0v) is 10.9. The summed E-state index contributed by atoms with van der Waals surface area (Å²) in [5, 5.41) is 29.2. The van der Waals surface area contributed by atoms with Crippen molar-refractivity contribution >= 4 is 22.8 Å². The number of rotatable bonds is 3. The van der Waals surface area contributed by atoms with E-state index in [0.29, 0.717) is 16.7 Å². The van der Waals surface area contributed by atoms with Gasteiger partial charge in [0.2, 0.25) is 5.89 Å². The summed E-state index contributed by atoms with van der Waals surface area (Å²) in [4.78, 5) is 25.1. The van der Waals surface area contributed by atoms with Gasteiger partial charge in [-0.15, -0.1) is 0 Å². The lowest BCUT2D eigenvalue weighted by Crippen LogP contribution is -1.94. The van der Waals surface area contributed by atoms with Gasteiger partial charge in [-0.25, -0.2) is 9.78 Å². The SMILES string of the molecule is O=C(O)c1ccc2oc(-c3ccc(O)c([N+](=O)[O-])c3)nc2c1. The lowest BCUT2D eigenvalue weighted by Gasteiger charge is -1.98. The third-order valence-electron chi connectivity index (χ3n) is 3.05. The van der Waals surface area contributed by atoms with E-state index in [-0.39, 0.29) is 11.5 Å². The van der Waals surface area contributed by atoms with Crippen molar-refractivity contribution < 1.29 is 24.3 Å². The molecule has 8 nitrogen and oxygen atoms in total. The molecular formula is C14H8N2O6. The molecule has 0 aliphatic rings. The Labute approximate surface area is 122 Å². The van der Waals surface area contributed by atoms with E-state index in [0.717, 1.165) is 6.07 Å². The maximum atomic E-state index is 10.9. The van der Waals surface area contributed by atoms with Gasteiger partial charge in [-0.3, -0.25) is 10.1 Å². The predicted molar refractivity (Wildman–Crippen MR) is 74.7 cm³/mol. The summed E-state index contributed by atoms with van der Waals surface area (Å²) < 4.78 is 5.46. The Bertz CT molecular complexity index is 915. The molecule has 3 rings (SSSR count). The van der Waals surface area contributed by atoms with Gasteiger partial charge in [-0.05, 0) is 30.3 Å². The lowest BCUT2D eigenvalue weighted by atomic mass is 10.2. The second-order valence-corrected chi connectivity index (χ2v) is 4.47. The summed E-state index contributed by atoms with van der Waals surface area (Å²) in [5.41, 5.74) is 0.578. The minimum atomic E-state index is -1.09. The van der Waals surface area contributed by atoms with Crippen molar-refractivity contribution in [3.05, 3.63) is 52.1 Å². The van der Waals surface area contributed by atoms with E-state index in [1.54, 1.807) is 0 Å². The lowest BCUT2D eigenvalue weighted by molar-refractivity contribution is -0.385. The molecule has 0 fully saturated rings. The van der Waals surface area contributed by atoms with Crippen molar-refractivity contribution in [1.82, 2.24) is 4.98 Å². The first kappa shape index (κ1) is 13.6. The standard InChI is InChI=1S/C14H8N2O6/c17-11-3-1-7(6-10(11)16(20)21)13-15-9-5-8(14(18)19)2-4-12(9)22-13/h1-6,17H,(H,18,19). The average Bonchev–Trinajstić information content (AvgIpc) is 2.90. The molecule has 3 aromatic rings. The van der Waals surface area contributed by atoms with Crippen LogP contribution in [-0.2, 0) is 0 Å². The van der Waals surface area contributed by atoms with Crippen molar-refractivity contribution in [2.75, 3.05) is 0 Å². The van der Waals surface area contributed by atoms with Gasteiger partial charge in [0.05, 0.1) is 10.5 Å². The maximum Gasteiger partial charge on any atom is 0.335 e. The van der Waals surface area contributed by atoms with Crippen LogP contribution in [0.25, 0.3) is 22.6 Å². The number of aromatic hydroxyl groups is 1. The number of carboxylic acids is 1. The Morgan fingerprint density at radius 1 is 1.23 bits per heavy atom. The number of carbonyl (C=O) groups is 1. The van der Waals surface area contributed by atoms with Crippen molar-refractivity contribution in [1.29, 1.82) is 0 Å². The third-order valence-corrected chi connectivity index (χ3v) is 3.05. The fraction of sp³-hybridized carbons (Fsp3) is 0. The summed E-state index contributed by atoms with van der Waals surface area (Å²) in [6, 6.07) is 7.91. The van der Waals surface area contributed by atoms with Gasteiger partial charge in [0.15, 0.2) is 11.3 Å². The molecule has 2 aromatic carbocycles. The molecule has 0 unspecified atom stereocenters. The highest BCUT2D eigenvalue weighted by atomic mass is 16.6. The van der Waals surface area contributed by atoms with Gasteiger partial charge in [0, 0.05) is 11.6 Å². The fourth-order valence-electron chi connectivity index (χ4n) is 1.99. The average molecular weight is 300 g/mol. The molecule has 0 aliphatic heterocycles. The molecule has 0 aliphatic carbocycles. The smallest absolute Gasteiger partial charge is 0.335 e. The van der Waals surface area contributed by atoms with E-state index in [1.165, 1.54) is 30.3 Å². The molecule has 0 atom stereocenters. The van der Waals surface area contributed by atoms with Gasteiger partial charge in [-0.2, -0.15) is 0 Å². The van der Waals surface area contributed by atoms with Crippen LogP contribution in [0.4, 0.5) is 5.69 Å². The number of benzene rings is 2. The van der Waals surface area contributed by atoms with Gasteiger partial charge in [-0.1, -0.05) is 0 Å². The Morgan fingerprint density at radius 2 is 2.00 bits per heavy atom. The molecule has 0 saturated carbocycles. The third kappa shape index (κ3) is 2.22. The van der Waals surface area contributed by atoms with Crippen molar-refractivity contribution in [3.63, 3.8) is 0 Å². The molecule has 1 heterocycles. The summed E-state index contributed by atoms with van der Waals surface area (Å²) in [5.74, 6) is -1.45. The number of phenols is 1. The monoisotopic (exact) mass is 300 g/mol. The number of nitrogens with zero attached hydrogens (tertiary/aromatic N) is 2. The summed E-state index contributed by atoms with van der Waals surface area (Å²) >= 11 is 0. The van der Waals surface area contributed by atoms with Crippen LogP contribution in [0.3, 0.4) is 0 Å². The van der Waals surface area contributed by atoms with Gasteiger partial charge >= 0.3 is 11.7 Å². The van der Waals surface area contributed by atoms with E-state index >= 15 is 0 Å². The molecule has 0 amide bonds. The van der Waals surface area contributed by atoms with Gasteiger partial charge < -0.3 is 14.6 Å². The van der Waals surface area contributed by atoms with E-state index < -0.39 is 22.3 Å². The highest BCUT2D eigenvalue weighted by Crippen LogP contribution is 2.32. The number of aromatic nitrogens is 1. The Hall–Kier alpha value is -3.42. The van der Waals surface area contributed by atoms with E-state index in [9.17, 15) is 20.0 Å². The van der Waals surface area contributed by atoms with Crippen LogP contribution < -0.4 is 0 Å². The van der Waals surface area contributed by atoms with Crippen molar-refractivity contribution in [2.24, 2.45) is 0 Å². The number of carboxylic acid groups (broad SMARTS) is 1. The normalized spacial score (nSPS) is 10.7. The Morgan fingerprint density at radius 3 is 2.68 bits per heavy atom. The summed E-state index contributed by atoms with van der Waals surface area (Å²) in [6.07, 6.45) is 0. The van der Waals surface area contributed by atoms with Crippen LogP contribution >= 0.6 is 0 Å². The Balaban J connectivity index is 2.12. The number of nitro benzene ring substituents is 1. The van der Waals surface area contributed by atoms with E-state index in [2.05, 4.69) is 4.98 Å². The van der Waals surface area contributed by atoms with Gasteiger partial charge in [0.25, 0.3) is 0 Å². The highest BCUT2D eigenvalue weighted by Gasteiger charge is 2.17. The first-order chi connectivity index (χ1) is 10.5. The van der Waals surface area contributed by atoms with E-state index in [4.69, 9.17) is 9.52 Å². The maximum absolute atomic E-state index is 10.9.